The van der Waals surface area contributed by atoms with Crippen molar-refractivity contribution in [3.8, 4) is 5.75 Å². The molecule has 150 valence electrons. The Labute approximate surface area is 173 Å². The zero-order valence-corrected chi connectivity index (χ0v) is 17.1. The Morgan fingerprint density at radius 3 is 2.64 bits per heavy atom. The molecular weight excluding hydrogens is 403 g/mol. The van der Waals surface area contributed by atoms with E-state index in [0.717, 1.165) is 31.4 Å². The molecule has 0 bridgehead atoms. The molecule has 0 aliphatic heterocycles. The Bertz CT molecular complexity index is 882. The predicted molar refractivity (Wildman–Crippen MR) is 108 cm³/mol. The highest BCUT2D eigenvalue weighted by Gasteiger charge is 2.18. The highest BCUT2D eigenvalue weighted by molar-refractivity contribution is 6.39. The Morgan fingerprint density at radius 2 is 1.89 bits per heavy atom. The zero-order valence-electron chi connectivity index (χ0n) is 15.6. The lowest BCUT2D eigenvalue weighted by molar-refractivity contribution is -0.150. The average Bonchev–Trinajstić information content (AvgIpc) is 2.66. The topological polar surface area (TPSA) is 77.5 Å². The first-order valence-corrected chi connectivity index (χ1v) is 10.0. The Kier molecular flexibility index (Phi) is 6.97. The zero-order chi connectivity index (χ0) is 20.1. The van der Waals surface area contributed by atoms with Crippen LogP contribution in [0.15, 0.2) is 18.2 Å². The minimum atomic E-state index is -0.661. The number of fused-ring (bicyclic) bond motifs is 1. The normalized spacial score (nSPS) is 14.7. The first kappa shape index (κ1) is 20.7. The van der Waals surface area contributed by atoms with Crippen molar-refractivity contribution in [2.24, 2.45) is 0 Å². The lowest BCUT2D eigenvalue weighted by Crippen LogP contribution is -2.39. The highest BCUT2D eigenvalue weighted by Crippen LogP contribution is 2.37. The number of rotatable bonds is 6. The molecule has 1 amide bonds. The van der Waals surface area contributed by atoms with Crippen molar-refractivity contribution >= 4 is 46.0 Å². The van der Waals surface area contributed by atoms with Gasteiger partial charge >= 0.3 is 5.97 Å². The standard InChI is InChI=1S/C20H22Cl2N2O4/c1-12-7-8-14-15(21)9-16(22)20(19(14)23-12)28-11-18(26)27-10-17(25)24-13-5-3-2-4-6-13/h7-9,13H,2-6,10-11H2,1H3,(H,24,25). The number of nitrogens with zero attached hydrogens (tertiary/aromatic N) is 1. The van der Waals surface area contributed by atoms with Crippen LogP contribution < -0.4 is 10.1 Å². The summed E-state index contributed by atoms with van der Waals surface area (Å²) in [4.78, 5) is 28.3. The van der Waals surface area contributed by atoms with Gasteiger partial charge in [-0.1, -0.05) is 42.5 Å². The number of nitrogens with one attached hydrogen (secondary N) is 1. The number of pyridine rings is 1. The molecule has 1 aliphatic carbocycles. The van der Waals surface area contributed by atoms with Gasteiger partial charge in [-0.25, -0.2) is 9.78 Å². The highest BCUT2D eigenvalue weighted by atomic mass is 35.5. The van der Waals surface area contributed by atoms with Gasteiger partial charge in [0.05, 0.1) is 10.0 Å². The summed E-state index contributed by atoms with van der Waals surface area (Å²) in [6, 6.07) is 5.35. The quantitative estimate of drug-likeness (QED) is 0.702. The summed E-state index contributed by atoms with van der Waals surface area (Å²) in [7, 11) is 0. The molecule has 1 saturated carbocycles. The third-order valence-corrected chi connectivity index (χ3v) is 5.24. The van der Waals surface area contributed by atoms with Gasteiger partial charge in [0.25, 0.3) is 5.91 Å². The molecule has 0 saturated heterocycles. The number of hydrogen-bond acceptors (Lipinski definition) is 5. The molecular formula is C20H22Cl2N2O4. The third-order valence-electron chi connectivity index (χ3n) is 4.65. The summed E-state index contributed by atoms with van der Waals surface area (Å²) >= 11 is 12.4. The molecule has 28 heavy (non-hydrogen) atoms. The molecule has 0 unspecified atom stereocenters. The van der Waals surface area contributed by atoms with Crippen LogP contribution in [-0.4, -0.2) is 36.1 Å². The largest absolute Gasteiger partial charge is 0.478 e. The van der Waals surface area contributed by atoms with Crippen molar-refractivity contribution in [2.75, 3.05) is 13.2 Å². The van der Waals surface area contributed by atoms with Gasteiger partial charge in [-0.05, 0) is 38.0 Å². The molecule has 0 spiro atoms. The van der Waals surface area contributed by atoms with E-state index < -0.39 is 5.97 Å². The van der Waals surface area contributed by atoms with Crippen LogP contribution in [0.2, 0.25) is 10.0 Å². The second-order valence-electron chi connectivity index (χ2n) is 6.87. The fourth-order valence-electron chi connectivity index (χ4n) is 3.26. The van der Waals surface area contributed by atoms with Crippen molar-refractivity contribution in [3.05, 3.63) is 33.9 Å². The van der Waals surface area contributed by atoms with Crippen LogP contribution in [0.1, 0.15) is 37.8 Å². The van der Waals surface area contributed by atoms with Crippen molar-refractivity contribution in [2.45, 2.75) is 45.1 Å². The number of carbonyl (C=O) groups is 2. The number of esters is 1. The van der Waals surface area contributed by atoms with Gasteiger partial charge in [0, 0.05) is 17.1 Å². The minimum Gasteiger partial charge on any atom is -0.478 e. The second-order valence-corrected chi connectivity index (χ2v) is 7.68. The van der Waals surface area contributed by atoms with Gasteiger partial charge in [0.15, 0.2) is 19.0 Å². The maximum absolute atomic E-state index is 12.0. The molecule has 1 aliphatic rings. The summed E-state index contributed by atoms with van der Waals surface area (Å²) in [6.45, 7) is 1.12. The van der Waals surface area contributed by atoms with Gasteiger partial charge in [0.1, 0.15) is 5.52 Å². The minimum absolute atomic E-state index is 0.171. The van der Waals surface area contributed by atoms with E-state index in [4.69, 9.17) is 32.7 Å². The molecule has 3 rings (SSSR count). The second kappa shape index (κ2) is 9.43. The van der Waals surface area contributed by atoms with Gasteiger partial charge in [-0.2, -0.15) is 0 Å². The van der Waals surface area contributed by atoms with Crippen LogP contribution >= 0.6 is 23.2 Å². The maximum atomic E-state index is 12.0. The Hall–Kier alpha value is -2.05. The summed E-state index contributed by atoms with van der Waals surface area (Å²) in [5, 5.41) is 4.26. The van der Waals surface area contributed by atoms with E-state index >= 15 is 0 Å². The molecule has 1 fully saturated rings. The number of aryl methyl sites for hydroxylation is 1. The van der Waals surface area contributed by atoms with Gasteiger partial charge in [-0.3, -0.25) is 4.79 Å². The molecule has 2 aromatic rings. The van der Waals surface area contributed by atoms with Gasteiger partial charge < -0.3 is 14.8 Å². The lowest BCUT2D eigenvalue weighted by Gasteiger charge is -2.22. The van der Waals surface area contributed by atoms with E-state index in [1.54, 1.807) is 6.07 Å². The van der Waals surface area contributed by atoms with Gasteiger partial charge in [0.2, 0.25) is 0 Å². The molecule has 0 radical (unpaired) electrons. The van der Waals surface area contributed by atoms with Crippen LogP contribution in [0.25, 0.3) is 10.9 Å². The van der Waals surface area contributed by atoms with E-state index in [-0.39, 0.29) is 35.9 Å². The van der Waals surface area contributed by atoms with Gasteiger partial charge in [-0.15, -0.1) is 0 Å². The molecule has 1 heterocycles. The van der Waals surface area contributed by atoms with Crippen molar-refractivity contribution in [1.82, 2.24) is 10.3 Å². The molecule has 1 aromatic heterocycles. The van der Waals surface area contributed by atoms with Crippen LogP contribution in [-0.2, 0) is 14.3 Å². The number of carbonyl (C=O) groups excluding carboxylic acids is 2. The lowest BCUT2D eigenvalue weighted by atomic mass is 9.95. The molecule has 6 nitrogen and oxygen atoms in total. The van der Waals surface area contributed by atoms with E-state index in [1.165, 1.54) is 6.42 Å². The summed E-state index contributed by atoms with van der Waals surface area (Å²) in [5.41, 5.74) is 1.23. The SMILES string of the molecule is Cc1ccc2c(Cl)cc(Cl)c(OCC(=O)OCC(=O)NC3CCCCC3)c2n1. The fraction of sp³-hybridized carbons (Fsp3) is 0.450. The molecule has 8 heteroatoms. The first-order chi connectivity index (χ1) is 13.4. The summed E-state index contributed by atoms with van der Waals surface area (Å²) < 4.78 is 10.5. The summed E-state index contributed by atoms with van der Waals surface area (Å²) in [6.07, 6.45) is 5.37. The van der Waals surface area contributed by atoms with E-state index in [9.17, 15) is 9.59 Å². The number of halogens is 2. The molecule has 1 aromatic carbocycles. The van der Waals surface area contributed by atoms with Crippen LogP contribution in [0.5, 0.6) is 5.75 Å². The number of aromatic nitrogens is 1. The van der Waals surface area contributed by atoms with E-state index in [0.29, 0.717) is 15.9 Å². The van der Waals surface area contributed by atoms with Crippen LogP contribution in [0.3, 0.4) is 0 Å². The summed E-state index contributed by atoms with van der Waals surface area (Å²) in [5.74, 6) is -0.702. The smallest absolute Gasteiger partial charge is 0.344 e. The Balaban J connectivity index is 1.56. The number of benzene rings is 1. The molecule has 1 N–H and O–H groups in total. The van der Waals surface area contributed by atoms with Crippen molar-refractivity contribution < 1.29 is 19.1 Å². The average molecular weight is 425 g/mol. The van der Waals surface area contributed by atoms with Crippen LogP contribution in [0.4, 0.5) is 0 Å². The predicted octanol–water partition coefficient (Wildman–Crippen LogP) is 4.22. The first-order valence-electron chi connectivity index (χ1n) is 9.27. The maximum Gasteiger partial charge on any atom is 0.344 e. The monoisotopic (exact) mass is 424 g/mol. The number of hydrogen-bond donors (Lipinski definition) is 1. The van der Waals surface area contributed by atoms with Crippen LogP contribution in [0, 0.1) is 6.92 Å². The third kappa shape index (κ3) is 5.26. The van der Waals surface area contributed by atoms with Crippen molar-refractivity contribution in [1.29, 1.82) is 0 Å². The van der Waals surface area contributed by atoms with E-state index in [1.807, 2.05) is 19.1 Å². The Morgan fingerprint density at radius 1 is 1.14 bits per heavy atom. The fourth-order valence-corrected chi connectivity index (χ4v) is 3.83. The molecule has 0 atom stereocenters. The number of amides is 1. The number of ether oxygens (including phenoxy) is 2. The van der Waals surface area contributed by atoms with E-state index in [2.05, 4.69) is 10.3 Å². The van der Waals surface area contributed by atoms with Crippen molar-refractivity contribution in [3.63, 3.8) is 0 Å².